The van der Waals surface area contributed by atoms with Gasteiger partial charge in [0.05, 0.1) is 21.3 Å². The zero-order valence-electron chi connectivity index (χ0n) is 20.0. The van der Waals surface area contributed by atoms with Crippen molar-refractivity contribution in [3.63, 3.8) is 0 Å². The number of rotatable bonds is 5. The van der Waals surface area contributed by atoms with Crippen LogP contribution < -0.4 is 19.5 Å². The molecular weight excluding hydrogens is 432 g/mol. The molecule has 0 amide bonds. The Morgan fingerprint density at radius 1 is 1.00 bits per heavy atom. The van der Waals surface area contributed by atoms with E-state index in [2.05, 4.69) is 19.2 Å². The second-order valence-corrected chi connectivity index (χ2v) is 9.39. The number of benzene rings is 2. The molecule has 0 fully saturated rings. The van der Waals surface area contributed by atoms with E-state index >= 15 is 0 Å². The fraction of sp³-hybridized carbons (Fsp3) is 0.346. The van der Waals surface area contributed by atoms with Gasteiger partial charge in [-0.05, 0) is 29.5 Å². The van der Waals surface area contributed by atoms with E-state index in [1.807, 2.05) is 42.5 Å². The van der Waals surface area contributed by atoms with Gasteiger partial charge >= 0.3 is 0 Å². The van der Waals surface area contributed by atoms with Crippen LogP contribution >= 0.6 is 0 Å². The molecule has 34 heavy (non-hydrogen) atoms. The van der Waals surface area contributed by atoms with Gasteiger partial charge in [0.25, 0.3) is 0 Å². The Balaban J connectivity index is 1.73. The van der Waals surface area contributed by atoms with Crippen LogP contribution in [0.4, 0.5) is 5.95 Å². The largest absolute Gasteiger partial charge is 0.493 e. The number of hydrogen-bond acceptors (Lipinski definition) is 7. The molecule has 0 saturated carbocycles. The maximum atomic E-state index is 13.5. The topological polar surface area (TPSA) is 87.5 Å². The number of fused-ring (bicyclic) bond motifs is 1. The van der Waals surface area contributed by atoms with Crippen LogP contribution in [0.5, 0.6) is 17.2 Å². The zero-order chi connectivity index (χ0) is 24.0. The van der Waals surface area contributed by atoms with Gasteiger partial charge in [-0.15, -0.1) is 5.10 Å². The number of nitrogens with one attached hydrogen (secondary N) is 1. The number of carbonyl (C=O) groups is 1. The van der Waals surface area contributed by atoms with Crippen molar-refractivity contribution in [2.24, 2.45) is 5.41 Å². The van der Waals surface area contributed by atoms with E-state index in [9.17, 15) is 4.79 Å². The Morgan fingerprint density at radius 3 is 2.29 bits per heavy atom. The van der Waals surface area contributed by atoms with Crippen LogP contribution in [0.3, 0.4) is 0 Å². The summed E-state index contributed by atoms with van der Waals surface area (Å²) in [6, 6.07) is 13.1. The number of aromatic nitrogens is 3. The minimum Gasteiger partial charge on any atom is -0.493 e. The third-order valence-electron chi connectivity index (χ3n) is 6.37. The maximum absolute atomic E-state index is 13.5. The molecule has 8 nitrogen and oxygen atoms in total. The summed E-state index contributed by atoms with van der Waals surface area (Å²) in [7, 11) is 4.73. The zero-order valence-corrected chi connectivity index (χ0v) is 20.0. The van der Waals surface area contributed by atoms with Crippen LogP contribution in [-0.4, -0.2) is 41.9 Å². The lowest BCUT2D eigenvalue weighted by Crippen LogP contribution is -2.36. The highest BCUT2D eigenvalue weighted by atomic mass is 16.5. The molecule has 2 aliphatic rings. The molecule has 0 bridgehead atoms. The summed E-state index contributed by atoms with van der Waals surface area (Å²) in [5.74, 6) is 2.82. The Morgan fingerprint density at radius 2 is 1.68 bits per heavy atom. The summed E-state index contributed by atoms with van der Waals surface area (Å²) < 4.78 is 18.5. The lowest BCUT2D eigenvalue weighted by atomic mass is 9.73. The molecule has 8 heteroatoms. The number of anilines is 1. The Kier molecular flexibility index (Phi) is 5.31. The lowest BCUT2D eigenvalue weighted by Gasteiger charge is -2.38. The van der Waals surface area contributed by atoms with Crippen molar-refractivity contribution in [2.45, 2.75) is 32.7 Å². The van der Waals surface area contributed by atoms with Gasteiger partial charge in [-0.1, -0.05) is 44.2 Å². The molecule has 1 atom stereocenters. The van der Waals surface area contributed by atoms with E-state index in [-0.39, 0.29) is 11.2 Å². The predicted molar refractivity (Wildman–Crippen MR) is 128 cm³/mol. The molecule has 3 aromatic rings. The minimum atomic E-state index is -0.478. The summed E-state index contributed by atoms with van der Waals surface area (Å²) >= 11 is 0. The standard InChI is InChI=1S/C26H28N4O4/c1-26(2)13-17-21(18(31)14-26)22(16-11-19(32-3)23(34-5)20(12-16)33-4)30-25(27-17)28-24(29-30)15-9-7-6-8-10-15/h6-12,22H,13-14H2,1-5H3,(H,27,28,29). The van der Waals surface area contributed by atoms with E-state index < -0.39 is 6.04 Å². The molecular formula is C26H28N4O4. The molecule has 176 valence electrons. The van der Waals surface area contributed by atoms with Crippen LogP contribution in [0.1, 0.15) is 38.3 Å². The molecule has 0 radical (unpaired) electrons. The van der Waals surface area contributed by atoms with E-state index in [1.54, 1.807) is 26.0 Å². The van der Waals surface area contributed by atoms with Gasteiger partial charge in [0.1, 0.15) is 6.04 Å². The summed E-state index contributed by atoms with van der Waals surface area (Å²) in [5, 5.41) is 8.25. The van der Waals surface area contributed by atoms with Crippen molar-refractivity contribution in [3.8, 4) is 28.6 Å². The van der Waals surface area contributed by atoms with Crippen molar-refractivity contribution in [2.75, 3.05) is 26.6 Å². The van der Waals surface area contributed by atoms with Crippen LogP contribution in [0.15, 0.2) is 53.7 Å². The first-order valence-electron chi connectivity index (χ1n) is 11.2. The average Bonchev–Trinajstić information content (AvgIpc) is 3.25. The molecule has 1 aliphatic carbocycles. The van der Waals surface area contributed by atoms with Crippen LogP contribution in [0, 0.1) is 5.41 Å². The minimum absolute atomic E-state index is 0.0971. The molecule has 2 heterocycles. The van der Waals surface area contributed by atoms with Crippen molar-refractivity contribution in [1.82, 2.24) is 14.8 Å². The van der Waals surface area contributed by atoms with Gasteiger partial charge in [-0.2, -0.15) is 4.98 Å². The van der Waals surface area contributed by atoms with Crippen LogP contribution in [0.25, 0.3) is 11.4 Å². The van der Waals surface area contributed by atoms with Gasteiger partial charge in [0, 0.05) is 23.3 Å². The number of allylic oxidation sites excluding steroid dienone is 2. The highest BCUT2D eigenvalue weighted by Gasteiger charge is 2.42. The Bertz CT molecular complexity index is 1270. The fourth-order valence-electron chi connectivity index (χ4n) is 4.89. The van der Waals surface area contributed by atoms with Gasteiger partial charge < -0.3 is 19.5 Å². The number of ether oxygens (including phenoxy) is 3. The summed E-state index contributed by atoms with van der Waals surface area (Å²) in [4.78, 5) is 18.3. The molecule has 2 aromatic carbocycles. The van der Waals surface area contributed by atoms with Gasteiger partial charge in [0.15, 0.2) is 23.1 Å². The quantitative estimate of drug-likeness (QED) is 0.594. The fourth-order valence-corrected chi connectivity index (χ4v) is 4.89. The molecule has 0 spiro atoms. The number of hydrogen-bond donors (Lipinski definition) is 1. The van der Waals surface area contributed by atoms with Crippen molar-refractivity contribution in [1.29, 1.82) is 0 Å². The van der Waals surface area contributed by atoms with E-state index in [0.717, 1.165) is 23.2 Å². The first kappa shape index (κ1) is 22.0. The molecule has 1 N–H and O–H groups in total. The highest BCUT2D eigenvalue weighted by Crippen LogP contribution is 2.48. The van der Waals surface area contributed by atoms with Crippen LogP contribution in [-0.2, 0) is 4.79 Å². The number of nitrogens with zero attached hydrogens (tertiary/aromatic N) is 3. The van der Waals surface area contributed by atoms with Crippen molar-refractivity contribution >= 4 is 11.7 Å². The molecule has 1 unspecified atom stereocenters. The Hall–Kier alpha value is -3.81. The molecule has 1 aromatic heterocycles. The first-order valence-corrected chi connectivity index (χ1v) is 11.2. The third kappa shape index (κ3) is 3.59. The van der Waals surface area contributed by atoms with Gasteiger partial charge in [0.2, 0.25) is 11.7 Å². The number of ketones is 1. The van der Waals surface area contributed by atoms with E-state index in [1.165, 1.54) is 0 Å². The Labute approximate surface area is 198 Å². The third-order valence-corrected chi connectivity index (χ3v) is 6.37. The van der Waals surface area contributed by atoms with Crippen LogP contribution in [0.2, 0.25) is 0 Å². The van der Waals surface area contributed by atoms with Gasteiger partial charge in [-0.25, -0.2) is 4.68 Å². The molecule has 5 rings (SSSR count). The average molecular weight is 461 g/mol. The second-order valence-electron chi connectivity index (χ2n) is 9.39. The highest BCUT2D eigenvalue weighted by molar-refractivity contribution is 6.00. The van der Waals surface area contributed by atoms with E-state index in [0.29, 0.717) is 41.0 Å². The summed E-state index contributed by atoms with van der Waals surface area (Å²) in [5.41, 5.74) is 3.15. The monoisotopic (exact) mass is 460 g/mol. The molecule has 1 aliphatic heterocycles. The molecule has 0 saturated heterocycles. The second kappa shape index (κ2) is 8.20. The lowest BCUT2D eigenvalue weighted by molar-refractivity contribution is -0.118. The van der Waals surface area contributed by atoms with Gasteiger partial charge in [-0.3, -0.25) is 4.79 Å². The normalized spacial score (nSPS) is 18.6. The summed E-state index contributed by atoms with van der Waals surface area (Å²) in [6.07, 6.45) is 1.20. The maximum Gasteiger partial charge on any atom is 0.226 e. The predicted octanol–water partition coefficient (Wildman–Crippen LogP) is 4.63. The first-order chi connectivity index (χ1) is 16.3. The smallest absolute Gasteiger partial charge is 0.226 e. The van der Waals surface area contributed by atoms with E-state index in [4.69, 9.17) is 24.3 Å². The number of methoxy groups -OCH3 is 3. The van der Waals surface area contributed by atoms with Crippen molar-refractivity contribution in [3.05, 3.63) is 59.3 Å². The summed E-state index contributed by atoms with van der Waals surface area (Å²) in [6.45, 7) is 4.22. The number of carbonyl (C=O) groups excluding carboxylic acids is 1. The SMILES string of the molecule is COc1cc(C2C3=C(CC(C)(C)CC3=O)Nc3nc(-c4ccccc4)nn32)cc(OC)c1OC. The van der Waals surface area contributed by atoms with Crippen molar-refractivity contribution < 1.29 is 19.0 Å². The number of Topliss-reactive ketones (excluding diaryl/α,β-unsaturated/α-hetero) is 1.